The second-order valence-electron chi connectivity index (χ2n) is 11.5. The summed E-state index contributed by atoms with van der Waals surface area (Å²) in [6, 6.07) is 12.7. The van der Waals surface area contributed by atoms with Crippen LogP contribution in [0.2, 0.25) is 0 Å². The summed E-state index contributed by atoms with van der Waals surface area (Å²) in [5.74, 6) is -0.779. The molecule has 1 saturated carbocycles. The summed E-state index contributed by atoms with van der Waals surface area (Å²) in [7, 11) is 3.67. The van der Waals surface area contributed by atoms with Crippen LogP contribution in [-0.2, 0) is 9.59 Å². The van der Waals surface area contributed by atoms with Crippen LogP contribution in [0.4, 0.5) is 20.2 Å². The van der Waals surface area contributed by atoms with Crippen molar-refractivity contribution >= 4 is 34.1 Å². The Morgan fingerprint density at radius 1 is 0.911 bits per heavy atom. The maximum Gasteiger partial charge on any atom is 0.240 e. The molecule has 3 aromatic carbocycles. The van der Waals surface area contributed by atoms with Crippen molar-refractivity contribution in [3.05, 3.63) is 72.6 Å². The van der Waals surface area contributed by atoms with Crippen LogP contribution in [0, 0.1) is 23.0 Å². The van der Waals surface area contributed by atoms with Crippen molar-refractivity contribution in [3.63, 3.8) is 0 Å². The maximum atomic E-state index is 15.3. The minimum absolute atomic E-state index is 0.118. The van der Waals surface area contributed by atoms with Crippen LogP contribution >= 0.6 is 0 Å². The van der Waals surface area contributed by atoms with E-state index in [1.807, 2.05) is 0 Å². The van der Waals surface area contributed by atoms with E-state index in [1.54, 1.807) is 19.2 Å². The van der Waals surface area contributed by atoms with Gasteiger partial charge in [0.2, 0.25) is 17.7 Å². The number of benzene rings is 3. The standard InChI is InChI=1S/C33H33F2N5O5/c1-40-13-9-20(10-14-40)18-44-29-16-24-26(17-28(29)43-2)36-19-37-30(24)45-27-8-7-23(15-25(27)35)39-32(42)33(11-12-33)31(41)38-22-5-3-21(34)4-6-22/h3-8,15-17,19-20H,9-14,18H2,1-2H3,(H,38,41)(H,39,42). The first-order valence-corrected chi connectivity index (χ1v) is 14.7. The van der Waals surface area contributed by atoms with Crippen LogP contribution in [0.5, 0.6) is 23.1 Å². The Morgan fingerprint density at radius 2 is 1.60 bits per heavy atom. The molecule has 12 heteroatoms. The van der Waals surface area contributed by atoms with Gasteiger partial charge in [-0.15, -0.1) is 0 Å². The third kappa shape index (κ3) is 6.65. The quantitative estimate of drug-likeness (QED) is 0.215. The third-order valence-corrected chi connectivity index (χ3v) is 8.31. The number of hydrogen-bond donors (Lipinski definition) is 2. The van der Waals surface area contributed by atoms with E-state index in [0.29, 0.717) is 53.5 Å². The minimum atomic E-state index is -1.28. The lowest BCUT2D eigenvalue weighted by Crippen LogP contribution is -2.35. The van der Waals surface area contributed by atoms with E-state index < -0.39 is 28.9 Å². The lowest BCUT2D eigenvalue weighted by atomic mass is 9.98. The fourth-order valence-corrected chi connectivity index (χ4v) is 5.31. The van der Waals surface area contributed by atoms with Crippen LogP contribution in [0.25, 0.3) is 10.9 Å². The molecule has 0 unspecified atom stereocenters. The van der Waals surface area contributed by atoms with Gasteiger partial charge in [0.25, 0.3) is 0 Å². The van der Waals surface area contributed by atoms with E-state index in [4.69, 9.17) is 14.2 Å². The van der Waals surface area contributed by atoms with Crippen molar-refractivity contribution in [3.8, 4) is 23.1 Å². The topological polar surface area (TPSA) is 115 Å². The zero-order chi connectivity index (χ0) is 31.6. The highest BCUT2D eigenvalue weighted by molar-refractivity contribution is 6.16. The van der Waals surface area contributed by atoms with Gasteiger partial charge in [-0.25, -0.2) is 18.7 Å². The molecule has 4 aromatic rings. The largest absolute Gasteiger partial charge is 0.493 e. The number of hydrogen-bond acceptors (Lipinski definition) is 8. The first-order chi connectivity index (χ1) is 21.7. The number of ether oxygens (including phenoxy) is 3. The van der Waals surface area contributed by atoms with Gasteiger partial charge in [-0.2, -0.15) is 0 Å². The second-order valence-corrected chi connectivity index (χ2v) is 11.5. The van der Waals surface area contributed by atoms with Crippen LogP contribution in [0.15, 0.2) is 60.9 Å². The van der Waals surface area contributed by atoms with Gasteiger partial charge in [0.05, 0.1) is 24.6 Å². The summed E-state index contributed by atoms with van der Waals surface area (Å²) >= 11 is 0. The fraction of sp³-hybridized carbons (Fsp3) is 0.333. The van der Waals surface area contributed by atoms with Crippen molar-refractivity contribution in [1.82, 2.24) is 14.9 Å². The highest BCUT2D eigenvalue weighted by Crippen LogP contribution is 2.47. The van der Waals surface area contributed by atoms with Gasteiger partial charge in [-0.05, 0) is 94.2 Å². The molecule has 2 N–H and O–H groups in total. The SMILES string of the molecule is COc1cc2ncnc(Oc3ccc(NC(=O)C4(C(=O)Nc5ccc(F)cc5)CC4)cc3F)c2cc1OCC1CCN(C)CC1. The number of nitrogens with zero attached hydrogens (tertiary/aromatic N) is 3. The Labute approximate surface area is 258 Å². The third-order valence-electron chi connectivity index (χ3n) is 8.31. The number of halogens is 2. The molecule has 1 aliphatic heterocycles. The summed E-state index contributed by atoms with van der Waals surface area (Å²) < 4.78 is 46.0. The number of methoxy groups -OCH3 is 1. The first-order valence-electron chi connectivity index (χ1n) is 14.7. The Morgan fingerprint density at radius 3 is 2.27 bits per heavy atom. The monoisotopic (exact) mass is 617 g/mol. The number of anilines is 2. The van der Waals surface area contributed by atoms with E-state index in [0.717, 1.165) is 32.0 Å². The molecule has 0 radical (unpaired) electrons. The minimum Gasteiger partial charge on any atom is -0.493 e. The zero-order valence-electron chi connectivity index (χ0n) is 24.9. The van der Waals surface area contributed by atoms with Gasteiger partial charge in [0.1, 0.15) is 17.6 Å². The van der Waals surface area contributed by atoms with E-state index in [1.165, 1.54) is 42.7 Å². The lowest BCUT2D eigenvalue weighted by Gasteiger charge is -2.28. The first kappa shape index (κ1) is 30.2. The summed E-state index contributed by atoms with van der Waals surface area (Å²) in [6.45, 7) is 2.59. The highest BCUT2D eigenvalue weighted by atomic mass is 19.1. The molecule has 2 amide bonds. The molecule has 234 valence electrons. The van der Waals surface area contributed by atoms with Gasteiger partial charge < -0.3 is 29.7 Å². The number of aromatic nitrogens is 2. The molecule has 2 fully saturated rings. The predicted octanol–water partition coefficient (Wildman–Crippen LogP) is 5.79. The molecule has 0 spiro atoms. The predicted molar refractivity (Wildman–Crippen MR) is 164 cm³/mol. The van der Waals surface area contributed by atoms with E-state index in [9.17, 15) is 14.0 Å². The van der Waals surface area contributed by atoms with Crippen molar-refractivity contribution in [2.45, 2.75) is 25.7 Å². The smallest absolute Gasteiger partial charge is 0.240 e. The molecule has 2 aliphatic rings. The molecular weight excluding hydrogens is 584 g/mol. The number of carbonyl (C=O) groups is 2. The van der Waals surface area contributed by atoms with Gasteiger partial charge >= 0.3 is 0 Å². The number of carbonyl (C=O) groups excluding carboxylic acids is 2. The van der Waals surface area contributed by atoms with Crippen LogP contribution in [0.1, 0.15) is 25.7 Å². The van der Waals surface area contributed by atoms with Gasteiger partial charge in [-0.1, -0.05) is 0 Å². The number of nitrogens with one attached hydrogen (secondary N) is 2. The molecule has 6 rings (SSSR count). The number of amides is 2. The molecule has 1 saturated heterocycles. The molecule has 0 atom stereocenters. The number of likely N-dealkylation sites (tertiary alicyclic amines) is 1. The molecule has 2 heterocycles. The van der Waals surface area contributed by atoms with Crippen molar-refractivity contribution < 1.29 is 32.6 Å². The summed E-state index contributed by atoms with van der Waals surface area (Å²) in [6.07, 6.45) is 4.08. The summed E-state index contributed by atoms with van der Waals surface area (Å²) in [5.41, 5.74) is -0.220. The lowest BCUT2D eigenvalue weighted by molar-refractivity contribution is -0.131. The van der Waals surface area contributed by atoms with Crippen molar-refractivity contribution in [2.75, 3.05) is 44.5 Å². The maximum absolute atomic E-state index is 15.3. The van der Waals surface area contributed by atoms with E-state index >= 15 is 4.39 Å². The zero-order valence-corrected chi connectivity index (χ0v) is 24.9. The number of fused-ring (bicyclic) bond motifs is 1. The van der Waals surface area contributed by atoms with E-state index in [2.05, 4.69) is 32.5 Å². The van der Waals surface area contributed by atoms with Gasteiger partial charge in [-0.3, -0.25) is 9.59 Å². The average Bonchev–Trinajstić information content (AvgIpc) is 3.85. The van der Waals surface area contributed by atoms with Gasteiger partial charge in [0.15, 0.2) is 23.1 Å². The van der Waals surface area contributed by atoms with Crippen molar-refractivity contribution in [1.29, 1.82) is 0 Å². The highest BCUT2D eigenvalue weighted by Gasteiger charge is 2.56. The van der Waals surface area contributed by atoms with Crippen LogP contribution in [0.3, 0.4) is 0 Å². The molecule has 1 aliphatic carbocycles. The van der Waals surface area contributed by atoms with E-state index in [-0.39, 0.29) is 17.3 Å². The second kappa shape index (κ2) is 12.6. The van der Waals surface area contributed by atoms with Crippen molar-refractivity contribution in [2.24, 2.45) is 11.3 Å². The Kier molecular flexibility index (Phi) is 8.48. The number of rotatable bonds is 10. The fourth-order valence-electron chi connectivity index (χ4n) is 5.31. The van der Waals surface area contributed by atoms with Gasteiger partial charge in [0, 0.05) is 23.5 Å². The Hall–Kier alpha value is -4.84. The molecule has 45 heavy (non-hydrogen) atoms. The Bertz CT molecular complexity index is 1720. The molecule has 1 aromatic heterocycles. The van der Waals surface area contributed by atoms with Crippen LogP contribution < -0.4 is 24.8 Å². The summed E-state index contributed by atoms with van der Waals surface area (Å²) in [4.78, 5) is 36.7. The van der Waals surface area contributed by atoms with Crippen LogP contribution in [-0.4, -0.2) is 60.5 Å². The Balaban J connectivity index is 1.15. The number of piperidine rings is 1. The normalized spacial score (nSPS) is 16.2. The average molecular weight is 618 g/mol. The molecule has 10 nitrogen and oxygen atoms in total. The molecular formula is C33H33F2N5O5. The molecule has 0 bridgehead atoms. The summed E-state index contributed by atoms with van der Waals surface area (Å²) in [5, 5.41) is 5.79.